The number of esters is 1. The topological polar surface area (TPSA) is 64.6 Å². The Labute approximate surface area is 145 Å². The van der Waals surface area contributed by atoms with Crippen molar-refractivity contribution in [2.24, 2.45) is 0 Å². The zero-order valence-electron chi connectivity index (χ0n) is 11.9. The molecule has 120 valence electrons. The SMILES string of the molecule is O=C(COC(=O)COc1ccccc1F)Nc1ccc(I)cc1. The van der Waals surface area contributed by atoms with Crippen LogP contribution in [-0.2, 0) is 14.3 Å². The standard InChI is InChI=1S/C16H13FINO4/c17-13-3-1-2-4-14(13)22-10-16(21)23-9-15(20)19-12-7-5-11(18)6-8-12/h1-8H,9-10H2,(H,19,20). The summed E-state index contributed by atoms with van der Waals surface area (Å²) in [5, 5.41) is 2.59. The Morgan fingerprint density at radius 3 is 2.43 bits per heavy atom. The normalized spacial score (nSPS) is 10.0. The van der Waals surface area contributed by atoms with Crippen molar-refractivity contribution < 1.29 is 23.5 Å². The van der Waals surface area contributed by atoms with Gasteiger partial charge in [-0.15, -0.1) is 0 Å². The van der Waals surface area contributed by atoms with E-state index in [1.165, 1.54) is 18.2 Å². The van der Waals surface area contributed by atoms with Gasteiger partial charge in [0, 0.05) is 9.26 Å². The van der Waals surface area contributed by atoms with Crippen molar-refractivity contribution in [3.05, 3.63) is 57.9 Å². The molecular weight excluding hydrogens is 416 g/mol. The van der Waals surface area contributed by atoms with Gasteiger partial charge in [-0.1, -0.05) is 12.1 Å². The number of nitrogens with one attached hydrogen (secondary N) is 1. The molecule has 0 fully saturated rings. The number of hydrogen-bond donors (Lipinski definition) is 1. The van der Waals surface area contributed by atoms with E-state index in [9.17, 15) is 14.0 Å². The molecule has 5 nitrogen and oxygen atoms in total. The molecule has 0 saturated carbocycles. The fraction of sp³-hybridized carbons (Fsp3) is 0.125. The maximum atomic E-state index is 13.3. The monoisotopic (exact) mass is 429 g/mol. The Bertz CT molecular complexity index is 691. The summed E-state index contributed by atoms with van der Waals surface area (Å²) in [6, 6.07) is 12.9. The van der Waals surface area contributed by atoms with Gasteiger partial charge in [-0.3, -0.25) is 4.79 Å². The molecule has 0 aliphatic heterocycles. The summed E-state index contributed by atoms with van der Waals surface area (Å²) in [4.78, 5) is 23.1. The fourth-order valence-electron chi connectivity index (χ4n) is 1.62. The van der Waals surface area contributed by atoms with E-state index < -0.39 is 30.9 Å². The lowest BCUT2D eigenvalue weighted by Gasteiger charge is -2.08. The number of rotatable bonds is 6. The van der Waals surface area contributed by atoms with E-state index in [4.69, 9.17) is 9.47 Å². The third-order valence-corrected chi connectivity index (χ3v) is 3.39. The molecule has 1 N–H and O–H groups in total. The van der Waals surface area contributed by atoms with Gasteiger partial charge in [0.15, 0.2) is 24.8 Å². The van der Waals surface area contributed by atoms with Gasteiger partial charge >= 0.3 is 5.97 Å². The largest absolute Gasteiger partial charge is 0.479 e. The average molecular weight is 429 g/mol. The number of ether oxygens (including phenoxy) is 2. The van der Waals surface area contributed by atoms with E-state index in [0.29, 0.717) is 5.69 Å². The summed E-state index contributed by atoms with van der Waals surface area (Å²) in [5.74, 6) is -1.85. The highest BCUT2D eigenvalue weighted by atomic mass is 127. The molecule has 0 bridgehead atoms. The van der Waals surface area contributed by atoms with Crippen LogP contribution in [0.3, 0.4) is 0 Å². The van der Waals surface area contributed by atoms with E-state index >= 15 is 0 Å². The third kappa shape index (κ3) is 5.85. The summed E-state index contributed by atoms with van der Waals surface area (Å²) in [7, 11) is 0. The minimum Gasteiger partial charge on any atom is -0.479 e. The van der Waals surface area contributed by atoms with Crippen LogP contribution in [0.15, 0.2) is 48.5 Å². The molecule has 23 heavy (non-hydrogen) atoms. The molecule has 0 radical (unpaired) electrons. The van der Waals surface area contributed by atoms with Gasteiger partial charge in [0.25, 0.3) is 5.91 Å². The Hall–Kier alpha value is -2.16. The number of hydrogen-bond acceptors (Lipinski definition) is 4. The van der Waals surface area contributed by atoms with Gasteiger partial charge in [-0.25, -0.2) is 9.18 Å². The quantitative estimate of drug-likeness (QED) is 0.567. The summed E-state index contributed by atoms with van der Waals surface area (Å²) in [6.07, 6.45) is 0. The molecule has 0 heterocycles. The van der Waals surface area contributed by atoms with Crippen LogP contribution >= 0.6 is 22.6 Å². The zero-order valence-corrected chi connectivity index (χ0v) is 14.1. The highest BCUT2D eigenvalue weighted by molar-refractivity contribution is 14.1. The number of para-hydroxylation sites is 1. The van der Waals surface area contributed by atoms with Gasteiger partial charge in [-0.2, -0.15) is 0 Å². The van der Waals surface area contributed by atoms with E-state index in [-0.39, 0.29) is 5.75 Å². The van der Waals surface area contributed by atoms with Crippen molar-refractivity contribution in [2.45, 2.75) is 0 Å². The summed E-state index contributed by atoms with van der Waals surface area (Å²) >= 11 is 2.15. The fourth-order valence-corrected chi connectivity index (χ4v) is 1.98. The first kappa shape index (κ1) is 17.2. The Kier molecular flexibility index (Phi) is 6.33. The van der Waals surface area contributed by atoms with Gasteiger partial charge < -0.3 is 14.8 Å². The van der Waals surface area contributed by atoms with Gasteiger partial charge in [0.2, 0.25) is 0 Å². The van der Waals surface area contributed by atoms with Gasteiger partial charge in [0.1, 0.15) is 0 Å². The van der Waals surface area contributed by atoms with Crippen LogP contribution < -0.4 is 10.1 Å². The lowest BCUT2D eigenvalue weighted by Crippen LogP contribution is -2.23. The smallest absolute Gasteiger partial charge is 0.344 e. The number of anilines is 1. The van der Waals surface area contributed by atoms with Crippen molar-refractivity contribution in [1.29, 1.82) is 0 Å². The van der Waals surface area contributed by atoms with E-state index in [0.717, 1.165) is 3.57 Å². The molecule has 2 aromatic rings. The number of halogens is 2. The molecule has 2 rings (SSSR count). The first-order chi connectivity index (χ1) is 11.0. The van der Waals surface area contributed by atoms with Gasteiger partial charge in [-0.05, 0) is 59.0 Å². The maximum Gasteiger partial charge on any atom is 0.344 e. The Balaban J connectivity index is 1.72. The van der Waals surface area contributed by atoms with Crippen molar-refractivity contribution in [3.63, 3.8) is 0 Å². The molecule has 0 saturated heterocycles. The number of benzene rings is 2. The first-order valence-corrected chi connectivity index (χ1v) is 7.71. The molecule has 0 aliphatic carbocycles. The van der Waals surface area contributed by atoms with Crippen molar-refractivity contribution in [2.75, 3.05) is 18.5 Å². The predicted octanol–water partition coefficient (Wildman–Crippen LogP) is 2.99. The summed E-state index contributed by atoms with van der Waals surface area (Å²) in [5.41, 5.74) is 0.606. The Morgan fingerprint density at radius 1 is 1.04 bits per heavy atom. The Morgan fingerprint density at radius 2 is 1.74 bits per heavy atom. The number of carbonyl (C=O) groups is 2. The summed E-state index contributed by atoms with van der Waals surface area (Å²) < 4.78 is 24.1. The lowest BCUT2D eigenvalue weighted by atomic mass is 10.3. The predicted molar refractivity (Wildman–Crippen MR) is 90.6 cm³/mol. The van der Waals surface area contributed by atoms with Crippen LogP contribution in [0.25, 0.3) is 0 Å². The van der Waals surface area contributed by atoms with Crippen LogP contribution in [0, 0.1) is 9.39 Å². The number of amides is 1. The highest BCUT2D eigenvalue weighted by Gasteiger charge is 2.10. The van der Waals surface area contributed by atoms with Crippen LogP contribution in [0.5, 0.6) is 5.75 Å². The summed E-state index contributed by atoms with van der Waals surface area (Å²) in [6.45, 7) is -0.913. The van der Waals surface area contributed by atoms with Crippen LogP contribution in [0.2, 0.25) is 0 Å². The molecule has 0 spiro atoms. The second-order valence-electron chi connectivity index (χ2n) is 4.43. The van der Waals surface area contributed by atoms with Gasteiger partial charge in [0.05, 0.1) is 0 Å². The van der Waals surface area contributed by atoms with Crippen LogP contribution in [0.4, 0.5) is 10.1 Å². The van der Waals surface area contributed by atoms with E-state index in [1.807, 2.05) is 12.1 Å². The molecule has 0 aromatic heterocycles. The highest BCUT2D eigenvalue weighted by Crippen LogP contribution is 2.15. The van der Waals surface area contributed by atoms with Crippen molar-refractivity contribution in [1.82, 2.24) is 0 Å². The first-order valence-electron chi connectivity index (χ1n) is 6.63. The van der Waals surface area contributed by atoms with Crippen molar-refractivity contribution in [3.8, 4) is 5.75 Å². The third-order valence-electron chi connectivity index (χ3n) is 2.67. The molecule has 0 atom stereocenters. The maximum absolute atomic E-state index is 13.3. The molecule has 1 amide bonds. The molecule has 0 aliphatic rings. The van der Waals surface area contributed by atoms with Crippen molar-refractivity contribution >= 4 is 40.2 Å². The number of carbonyl (C=O) groups excluding carboxylic acids is 2. The molecule has 7 heteroatoms. The zero-order chi connectivity index (χ0) is 16.7. The minimum absolute atomic E-state index is 0.0483. The average Bonchev–Trinajstić information content (AvgIpc) is 2.54. The second kappa shape index (κ2) is 8.47. The molecule has 2 aromatic carbocycles. The van der Waals surface area contributed by atoms with Crippen LogP contribution in [-0.4, -0.2) is 25.1 Å². The van der Waals surface area contributed by atoms with E-state index in [2.05, 4.69) is 27.9 Å². The molecule has 0 unspecified atom stereocenters. The lowest BCUT2D eigenvalue weighted by molar-refractivity contribution is -0.149. The minimum atomic E-state index is -0.758. The second-order valence-corrected chi connectivity index (χ2v) is 5.68. The van der Waals surface area contributed by atoms with E-state index in [1.54, 1.807) is 18.2 Å². The van der Waals surface area contributed by atoms with Crippen LogP contribution in [0.1, 0.15) is 0 Å². The molecular formula is C16H13FINO4.